The molecule has 0 aliphatic rings. The van der Waals surface area contributed by atoms with Crippen LogP contribution in [0.15, 0.2) is 34.9 Å². The molecule has 0 saturated carbocycles. The molecule has 1 heterocycles. The minimum atomic E-state index is -0.224. The maximum atomic E-state index is 11.8. The molecule has 1 aromatic heterocycles. The van der Waals surface area contributed by atoms with Gasteiger partial charge < -0.3 is 11.1 Å². The number of nitrogens with two attached hydrogens (primary N) is 1. The fourth-order valence-corrected chi connectivity index (χ4v) is 1.92. The Bertz CT molecular complexity index is 584. The number of anilines is 2. The number of carbonyl (C=O) groups is 1. The van der Waals surface area contributed by atoms with Crippen LogP contribution in [0.25, 0.3) is 0 Å². The van der Waals surface area contributed by atoms with Gasteiger partial charge in [-0.3, -0.25) is 9.48 Å². The number of nitrogens with zero attached hydrogens (tertiary/aromatic N) is 2. The van der Waals surface area contributed by atoms with Crippen LogP contribution in [-0.4, -0.2) is 15.7 Å². The monoisotopic (exact) mass is 328 g/mol. The van der Waals surface area contributed by atoms with E-state index in [0.29, 0.717) is 16.5 Å². The molecule has 0 fully saturated rings. The van der Waals surface area contributed by atoms with E-state index in [1.54, 1.807) is 30.5 Å². The number of hydrogen-bond donors (Lipinski definition) is 2. The molecule has 2 aromatic rings. The second kappa shape index (κ2) is 5.41. The van der Waals surface area contributed by atoms with Crippen molar-refractivity contribution < 1.29 is 4.79 Å². The number of carbonyl (C=O) groups excluding carboxylic acids is 1. The summed E-state index contributed by atoms with van der Waals surface area (Å²) in [5.41, 5.74) is 6.01. The Balaban J connectivity index is 2.05. The number of hydrogen-bond acceptors (Lipinski definition) is 3. The summed E-state index contributed by atoms with van der Waals surface area (Å²) < 4.78 is 2.29. The highest BCUT2D eigenvalue weighted by molar-refractivity contribution is 9.10. The Morgan fingerprint density at radius 3 is 2.94 bits per heavy atom. The van der Waals surface area contributed by atoms with Crippen LogP contribution in [-0.2, 0) is 11.3 Å². The van der Waals surface area contributed by atoms with E-state index in [4.69, 9.17) is 17.3 Å². The Morgan fingerprint density at radius 2 is 2.28 bits per heavy atom. The molecule has 0 saturated heterocycles. The topological polar surface area (TPSA) is 72.9 Å². The average molecular weight is 330 g/mol. The summed E-state index contributed by atoms with van der Waals surface area (Å²) in [6.45, 7) is 0.0834. The van der Waals surface area contributed by atoms with Crippen molar-refractivity contribution in [2.75, 3.05) is 11.1 Å². The predicted octanol–water partition coefficient (Wildman–Crippen LogP) is 2.52. The van der Waals surface area contributed by atoms with Gasteiger partial charge in [0.15, 0.2) is 0 Å². The summed E-state index contributed by atoms with van der Waals surface area (Å²) in [6, 6.07) is 6.86. The van der Waals surface area contributed by atoms with Crippen LogP contribution in [0.2, 0.25) is 5.02 Å². The van der Waals surface area contributed by atoms with Crippen LogP contribution in [0.4, 0.5) is 11.5 Å². The molecule has 0 aliphatic heterocycles. The van der Waals surface area contributed by atoms with Crippen LogP contribution in [0.3, 0.4) is 0 Å². The molecule has 3 N–H and O–H groups in total. The van der Waals surface area contributed by atoms with E-state index in [0.717, 1.165) is 4.47 Å². The second-order valence-electron chi connectivity index (χ2n) is 3.61. The van der Waals surface area contributed by atoms with Crippen molar-refractivity contribution in [3.8, 4) is 0 Å². The maximum absolute atomic E-state index is 11.8. The third kappa shape index (κ3) is 3.24. The Kier molecular flexibility index (Phi) is 3.88. The van der Waals surface area contributed by atoms with Crippen LogP contribution < -0.4 is 11.1 Å². The zero-order chi connectivity index (χ0) is 13.1. The number of halogens is 2. The Labute approximate surface area is 117 Å². The van der Waals surface area contributed by atoms with Crippen LogP contribution in [0.5, 0.6) is 0 Å². The lowest BCUT2D eigenvalue weighted by atomic mass is 10.3. The normalized spacial score (nSPS) is 10.3. The summed E-state index contributed by atoms with van der Waals surface area (Å²) >= 11 is 9.28. The molecule has 1 amide bonds. The zero-order valence-corrected chi connectivity index (χ0v) is 11.6. The largest absolute Gasteiger partial charge is 0.382 e. The van der Waals surface area contributed by atoms with Crippen LogP contribution >= 0.6 is 27.5 Å². The molecule has 0 atom stereocenters. The predicted molar refractivity (Wildman–Crippen MR) is 74.4 cm³/mol. The fraction of sp³-hybridized carbons (Fsp3) is 0.0909. The van der Waals surface area contributed by atoms with Gasteiger partial charge in [0.05, 0.1) is 10.7 Å². The molecule has 5 nitrogen and oxygen atoms in total. The molecule has 0 unspecified atom stereocenters. The number of aromatic nitrogens is 2. The summed E-state index contributed by atoms with van der Waals surface area (Å²) in [4.78, 5) is 11.8. The van der Waals surface area contributed by atoms with Gasteiger partial charge in [0.25, 0.3) is 0 Å². The zero-order valence-electron chi connectivity index (χ0n) is 9.23. The van der Waals surface area contributed by atoms with E-state index in [2.05, 4.69) is 26.3 Å². The van der Waals surface area contributed by atoms with Gasteiger partial charge in [0, 0.05) is 10.7 Å². The van der Waals surface area contributed by atoms with Crippen molar-refractivity contribution >= 4 is 44.9 Å². The van der Waals surface area contributed by atoms with E-state index < -0.39 is 0 Å². The quantitative estimate of drug-likeness (QED) is 0.909. The van der Waals surface area contributed by atoms with Crippen molar-refractivity contribution in [1.82, 2.24) is 9.78 Å². The third-order valence-corrected chi connectivity index (χ3v) is 2.99. The van der Waals surface area contributed by atoms with Crippen molar-refractivity contribution in [2.45, 2.75) is 6.54 Å². The lowest BCUT2D eigenvalue weighted by Gasteiger charge is -2.07. The Morgan fingerprint density at radius 1 is 1.50 bits per heavy atom. The van der Waals surface area contributed by atoms with Gasteiger partial charge in [-0.1, -0.05) is 27.5 Å². The lowest BCUT2D eigenvalue weighted by Crippen LogP contribution is -2.19. The standard InChI is InChI=1S/C11H10BrClN4O/c12-7-1-2-8(13)9(5-7)15-11(18)6-17-4-3-10(14)16-17/h1-5H,6H2,(H2,14,16)(H,15,18). The molecule has 0 aliphatic carbocycles. The number of amides is 1. The fourth-order valence-electron chi connectivity index (χ4n) is 1.40. The van der Waals surface area contributed by atoms with Crippen molar-refractivity contribution in [2.24, 2.45) is 0 Å². The molecular weight excluding hydrogens is 320 g/mol. The molecule has 94 valence electrons. The summed E-state index contributed by atoms with van der Waals surface area (Å²) in [5.74, 6) is 0.154. The van der Waals surface area contributed by atoms with Crippen molar-refractivity contribution in [3.05, 3.63) is 40.0 Å². The van der Waals surface area contributed by atoms with E-state index in [1.807, 2.05) is 0 Å². The SMILES string of the molecule is Nc1ccn(CC(=O)Nc2cc(Br)ccc2Cl)n1. The molecule has 0 radical (unpaired) electrons. The first kappa shape index (κ1) is 12.9. The highest BCUT2D eigenvalue weighted by Crippen LogP contribution is 2.25. The first-order chi connectivity index (χ1) is 8.54. The van der Waals surface area contributed by atoms with Crippen molar-refractivity contribution in [3.63, 3.8) is 0 Å². The number of benzene rings is 1. The van der Waals surface area contributed by atoms with Crippen LogP contribution in [0, 0.1) is 0 Å². The molecule has 0 spiro atoms. The minimum Gasteiger partial charge on any atom is -0.382 e. The van der Waals surface area contributed by atoms with Crippen LogP contribution in [0.1, 0.15) is 0 Å². The first-order valence-electron chi connectivity index (χ1n) is 5.08. The van der Waals surface area contributed by atoms with Gasteiger partial charge in [0.1, 0.15) is 12.4 Å². The molecule has 0 bridgehead atoms. The molecular formula is C11H10BrClN4O. The summed E-state index contributed by atoms with van der Waals surface area (Å²) in [6.07, 6.45) is 1.64. The smallest absolute Gasteiger partial charge is 0.246 e. The highest BCUT2D eigenvalue weighted by Gasteiger charge is 2.07. The van der Waals surface area contributed by atoms with Gasteiger partial charge >= 0.3 is 0 Å². The van der Waals surface area contributed by atoms with E-state index in [-0.39, 0.29) is 12.5 Å². The number of nitrogen functional groups attached to an aromatic ring is 1. The molecule has 7 heteroatoms. The average Bonchev–Trinajstić information content (AvgIpc) is 2.69. The molecule has 1 aromatic carbocycles. The highest BCUT2D eigenvalue weighted by atomic mass is 79.9. The van der Waals surface area contributed by atoms with Gasteiger partial charge in [-0.25, -0.2) is 0 Å². The van der Waals surface area contributed by atoms with Gasteiger partial charge in [-0.2, -0.15) is 5.10 Å². The number of nitrogens with one attached hydrogen (secondary N) is 1. The maximum Gasteiger partial charge on any atom is 0.246 e. The van der Waals surface area contributed by atoms with Gasteiger partial charge in [-0.15, -0.1) is 0 Å². The Hall–Kier alpha value is -1.53. The summed E-state index contributed by atoms with van der Waals surface area (Å²) in [7, 11) is 0. The third-order valence-electron chi connectivity index (χ3n) is 2.17. The van der Waals surface area contributed by atoms with Gasteiger partial charge in [-0.05, 0) is 24.3 Å². The van der Waals surface area contributed by atoms with Gasteiger partial charge in [0.2, 0.25) is 5.91 Å². The first-order valence-corrected chi connectivity index (χ1v) is 6.25. The lowest BCUT2D eigenvalue weighted by molar-refractivity contribution is -0.116. The minimum absolute atomic E-state index is 0.0834. The van der Waals surface area contributed by atoms with E-state index in [1.165, 1.54) is 4.68 Å². The summed E-state index contributed by atoms with van der Waals surface area (Å²) in [5, 5.41) is 7.11. The molecule has 18 heavy (non-hydrogen) atoms. The molecule has 2 rings (SSSR count). The van der Waals surface area contributed by atoms with E-state index >= 15 is 0 Å². The second-order valence-corrected chi connectivity index (χ2v) is 4.93. The van der Waals surface area contributed by atoms with Crippen molar-refractivity contribution in [1.29, 1.82) is 0 Å². The van der Waals surface area contributed by atoms with E-state index in [9.17, 15) is 4.79 Å². The number of rotatable bonds is 3.